The molecule has 6 aromatic carbocycles. The van der Waals surface area contributed by atoms with Crippen molar-refractivity contribution in [3.63, 3.8) is 0 Å². The van der Waals surface area contributed by atoms with E-state index in [9.17, 15) is 0 Å². The van der Waals surface area contributed by atoms with E-state index in [0.717, 1.165) is 78.9 Å². The van der Waals surface area contributed by atoms with Crippen LogP contribution in [0.3, 0.4) is 0 Å². The molecular formula is C48H42N2O4. The van der Waals surface area contributed by atoms with Crippen LogP contribution in [0.2, 0.25) is 0 Å². The van der Waals surface area contributed by atoms with Crippen LogP contribution in [0.25, 0.3) is 44.5 Å². The number of anilines is 2. The Balaban J connectivity index is 1.06. The summed E-state index contributed by atoms with van der Waals surface area (Å²) in [6, 6.07) is 44.2. The highest BCUT2D eigenvalue weighted by Gasteiger charge is 2.11. The highest BCUT2D eigenvalue weighted by molar-refractivity contribution is 5.90. The quantitative estimate of drug-likeness (QED) is 0.153. The number of allylic oxidation sites excluding steroid dienone is 4. The minimum Gasteiger partial charge on any atom is -0.490 e. The first-order valence-electron chi connectivity index (χ1n) is 18.0. The van der Waals surface area contributed by atoms with Crippen LogP contribution in [0.4, 0.5) is 11.4 Å². The summed E-state index contributed by atoms with van der Waals surface area (Å²) in [5, 5.41) is 0. The normalized spacial score (nSPS) is 14.5. The van der Waals surface area contributed by atoms with Gasteiger partial charge in [0, 0.05) is 33.6 Å². The van der Waals surface area contributed by atoms with Crippen LogP contribution >= 0.6 is 0 Å². The molecule has 7 heterocycles. The third-order valence-corrected chi connectivity index (χ3v) is 9.02. The standard InChI is InChI=1S/C48H42N2O4/c49-47-43-11-9-13-45(47)37-19-27-41(28-20-37)53-33-7-3-4-8-34-54-42-29-21-38(22-30-42)46-14-10-12-44(48(46)50)36-17-25-40(26-18-36)52-32-6-2-1-5-31-51-39-23-15-35(43)16-24-39/h1-30H,31-34,49-50H2/b5-1-,6-2?,7-3?,8-4-. The Morgan fingerprint density at radius 2 is 0.519 bits per heavy atom. The molecule has 4 N–H and O–H groups in total. The van der Waals surface area contributed by atoms with Crippen LogP contribution in [-0.2, 0) is 0 Å². The molecule has 0 saturated carbocycles. The second-order valence-electron chi connectivity index (χ2n) is 12.6. The van der Waals surface area contributed by atoms with Gasteiger partial charge in [0.1, 0.15) is 49.4 Å². The molecule has 0 amide bonds. The van der Waals surface area contributed by atoms with Gasteiger partial charge in [-0.25, -0.2) is 0 Å². The number of para-hydroxylation sites is 2. The molecule has 54 heavy (non-hydrogen) atoms. The maximum absolute atomic E-state index is 6.71. The number of rotatable bonds is 0. The smallest absolute Gasteiger partial charge is 0.119 e. The van der Waals surface area contributed by atoms with E-state index in [1.165, 1.54) is 0 Å². The second kappa shape index (κ2) is 17.5. The van der Waals surface area contributed by atoms with Gasteiger partial charge in [-0.15, -0.1) is 0 Å². The molecule has 6 aromatic rings. The monoisotopic (exact) mass is 710 g/mol. The highest BCUT2D eigenvalue weighted by atomic mass is 16.5. The Kier molecular flexibility index (Phi) is 11.5. The summed E-state index contributed by atoms with van der Waals surface area (Å²) in [7, 11) is 0. The third-order valence-electron chi connectivity index (χ3n) is 9.02. The first kappa shape index (κ1) is 35.5. The average molecular weight is 711 g/mol. The van der Waals surface area contributed by atoms with Crippen LogP contribution < -0.4 is 30.4 Å². The maximum Gasteiger partial charge on any atom is 0.119 e. The van der Waals surface area contributed by atoms with Gasteiger partial charge in [-0.05, 0) is 95.1 Å². The van der Waals surface area contributed by atoms with Crippen molar-refractivity contribution >= 4 is 11.4 Å². The van der Waals surface area contributed by atoms with Crippen molar-refractivity contribution in [1.29, 1.82) is 0 Å². The summed E-state index contributed by atoms with van der Waals surface area (Å²) >= 11 is 0. The van der Waals surface area contributed by atoms with Crippen molar-refractivity contribution in [3.8, 4) is 67.5 Å². The Bertz CT molecular complexity index is 1950. The van der Waals surface area contributed by atoms with Gasteiger partial charge >= 0.3 is 0 Å². The Labute approximate surface area is 316 Å². The van der Waals surface area contributed by atoms with Crippen LogP contribution in [-0.4, -0.2) is 26.4 Å². The van der Waals surface area contributed by atoms with Crippen molar-refractivity contribution in [2.75, 3.05) is 37.9 Å². The predicted octanol–water partition coefficient (Wildman–Crippen LogP) is 11.0. The molecular weight excluding hydrogens is 669 g/mol. The van der Waals surface area contributed by atoms with E-state index in [2.05, 4.69) is 0 Å². The first-order valence-corrected chi connectivity index (χ1v) is 18.0. The van der Waals surface area contributed by atoms with Crippen molar-refractivity contribution in [2.24, 2.45) is 0 Å². The summed E-state index contributed by atoms with van der Waals surface area (Å²) in [6.45, 7) is 1.78. The molecule has 0 aliphatic carbocycles. The van der Waals surface area contributed by atoms with E-state index < -0.39 is 0 Å². The lowest BCUT2D eigenvalue weighted by Gasteiger charge is -2.13. The van der Waals surface area contributed by atoms with Crippen molar-refractivity contribution in [3.05, 3.63) is 182 Å². The van der Waals surface area contributed by atoms with Gasteiger partial charge in [0.25, 0.3) is 0 Å². The van der Waals surface area contributed by atoms with E-state index in [1.807, 2.05) is 182 Å². The predicted molar refractivity (Wildman–Crippen MR) is 222 cm³/mol. The fraction of sp³-hybridized carbons (Fsp3) is 0.0833. The minimum absolute atomic E-state index is 0.445. The summed E-state index contributed by atoms with van der Waals surface area (Å²) in [6.07, 6.45) is 15.7. The van der Waals surface area contributed by atoms with Gasteiger partial charge in [0.2, 0.25) is 0 Å². The molecule has 0 unspecified atom stereocenters. The highest BCUT2D eigenvalue weighted by Crippen LogP contribution is 2.37. The Morgan fingerprint density at radius 1 is 0.296 bits per heavy atom. The number of hydrogen-bond donors (Lipinski definition) is 2. The topological polar surface area (TPSA) is 89.0 Å². The van der Waals surface area contributed by atoms with Crippen molar-refractivity contribution < 1.29 is 18.9 Å². The SMILES string of the molecule is Nc1c2cccc1-c1ccc(cc1)OC/C=C\C=CCOc1ccc(cc1)-c1cccc(c1N)-c1ccc(cc1)OC/C=C\C=CCOc1ccc-2cc1. The number of hydrogen-bond acceptors (Lipinski definition) is 6. The largest absolute Gasteiger partial charge is 0.490 e. The zero-order valence-electron chi connectivity index (χ0n) is 29.9. The number of ether oxygens (including phenoxy) is 4. The fourth-order valence-corrected chi connectivity index (χ4v) is 6.17. The molecule has 0 fully saturated rings. The molecule has 12 bridgehead atoms. The summed E-state index contributed by atoms with van der Waals surface area (Å²) in [4.78, 5) is 0. The summed E-state index contributed by atoms with van der Waals surface area (Å²) in [5.41, 5.74) is 22.8. The molecule has 7 aliphatic rings. The lowest BCUT2D eigenvalue weighted by Crippen LogP contribution is -1.96. The van der Waals surface area contributed by atoms with Gasteiger partial charge in [0.05, 0.1) is 0 Å². The zero-order chi connectivity index (χ0) is 37.0. The number of nitrogen functional groups attached to an aromatic ring is 2. The lowest BCUT2D eigenvalue weighted by molar-refractivity contribution is 0.362. The van der Waals surface area contributed by atoms with E-state index >= 15 is 0 Å². The van der Waals surface area contributed by atoms with E-state index in [-0.39, 0.29) is 0 Å². The third kappa shape index (κ3) is 8.92. The molecule has 6 nitrogen and oxygen atoms in total. The van der Waals surface area contributed by atoms with Crippen LogP contribution in [0.5, 0.6) is 23.0 Å². The molecule has 0 radical (unpaired) electrons. The lowest BCUT2D eigenvalue weighted by atomic mass is 9.96. The van der Waals surface area contributed by atoms with Gasteiger partial charge in [0.15, 0.2) is 0 Å². The molecule has 6 heteroatoms. The molecule has 0 atom stereocenters. The second-order valence-corrected chi connectivity index (χ2v) is 12.6. The molecule has 0 spiro atoms. The fourth-order valence-electron chi connectivity index (χ4n) is 6.17. The van der Waals surface area contributed by atoms with E-state index in [1.54, 1.807) is 0 Å². The van der Waals surface area contributed by atoms with Gasteiger partial charge < -0.3 is 30.4 Å². The molecule has 0 saturated heterocycles. The Hall–Kier alpha value is -6.92. The molecule has 268 valence electrons. The van der Waals surface area contributed by atoms with Gasteiger partial charge in [-0.1, -0.05) is 109 Å². The average Bonchev–Trinajstić information content (AvgIpc) is 3.21. The first-order chi connectivity index (χ1) is 26.6. The zero-order valence-corrected chi connectivity index (χ0v) is 29.9. The van der Waals surface area contributed by atoms with Crippen LogP contribution in [0, 0.1) is 0 Å². The molecule has 7 aliphatic heterocycles. The minimum atomic E-state index is 0.445. The number of nitrogens with two attached hydrogens (primary N) is 2. The summed E-state index contributed by atoms with van der Waals surface area (Å²) < 4.78 is 23.7. The van der Waals surface area contributed by atoms with E-state index in [4.69, 9.17) is 30.4 Å². The molecule has 0 aromatic heterocycles. The van der Waals surface area contributed by atoms with Crippen LogP contribution in [0.1, 0.15) is 0 Å². The van der Waals surface area contributed by atoms with Crippen LogP contribution in [0.15, 0.2) is 182 Å². The van der Waals surface area contributed by atoms with Crippen molar-refractivity contribution in [2.45, 2.75) is 0 Å². The Morgan fingerprint density at radius 3 is 0.741 bits per heavy atom. The molecule has 13 rings (SSSR count). The number of benzene rings is 6. The summed E-state index contributed by atoms with van der Waals surface area (Å²) in [5.74, 6) is 3.13. The maximum atomic E-state index is 6.71. The van der Waals surface area contributed by atoms with Gasteiger partial charge in [-0.3, -0.25) is 0 Å². The van der Waals surface area contributed by atoms with Crippen molar-refractivity contribution in [1.82, 2.24) is 0 Å². The van der Waals surface area contributed by atoms with Gasteiger partial charge in [-0.2, -0.15) is 0 Å². The van der Waals surface area contributed by atoms with E-state index in [0.29, 0.717) is 26.4 Å².